The van der Waals surface area contributed by atoms with E-state index in [0.29, 0.717) is 37.1 Å². The number of alkyl halides is 1. The van der Waals surface area contributed by atoms with Gasteiger partial charge in [0.1, 0.15) is 11.5 Å². The number of carboxylic acid groups (broad SMARTS) is 1. The van der Waals surface area contributed by atoms with E-state index in [1.54, 1.807) is 0 Å². The molecular weight excluding hydrogens is 461 g/mol. The predicted molar refractivity (Wildman–Crippen MR) is 125 cm³/mol. The molecule has 3 heterocycles. The monoisotopic (exact) mass is 495 g/mol. The number of carbonyl (C=O) groups excluding carboxylic acids is 3. The first-order chi connectivity index (χ1) is 16.0. The molecule has 4 N–H and O–H groups in total. The predicted octanol–water partition coefficient (Wildman–Crippen LogP) is 1.73. The van der Waals surface area contributed by atoms with Gasteiger partial charge in [0.05, 0.1) is 24.7 Å². The quantitative estimate of drug-likeness (QED) is 0.413. The van der Waals surface area contributed by atoms with Gasteiger partial charge in [-0.2, -0.15) is 0 Å². The fourth-order valence-corrected chi connectivity index (χ4v) is 7.96. The Morgan fingerprint density at radius 1 is 1.29 bits per heavy atom. The van der Waals surface area contributed by atoms with Crippen LogP contribution < -0.4 is 11.1 Å². The maximum Gasteiger partial charge on any atom is 0.353 e. The summed E-state index contributed by atoms with van der Waals surface area (Å²) in [6.07, 6.45) is 1.85. The molecule has 0 aromatic carbocycles. The molecule has 4 rings (SSSR count). The van der Waals surface area contributed by atoms with E-state index in [0.717, 1.165) is 0 Å². The van der Waals surface area contributed by atoms with Gasteiger partial charge in [0.2, 0.25) is 5.91 Å². The molecule has 8 nitrogen and oxygen atoms in total. The fraction of sp³-hybridized carbons (Fsp3) is 0.750. The van der Waals surface area contributed by atoms with Gasteiger partial charge in [-0.15, -0.1) is 11.8 Å². The number of nitrogens with zero attached hydrogens (tertiary/aromatic N) is 1. The van der Waals surface area contributed by atoms with E-state index >= 15 is 0 Å². The van der Waals surface area contributed by atoms with Crippen LogP contribution in [0.1, 0.15) is 46.5 Å². The van der Waals surface area contributed by atoms with Crippen LogP contribution in [0.3, 0.4) is 0 Å². The second-order valence-corrected chi connectivity index (χ2v) is 11.8. The summed E-state index contributed by atoms with van der Waals surface area (Å²) in [5.74, 6) is -2.72. The molecule has 3 aliphatic heterocycles. The zero-order valence-corrected chi connectivity index (χ0v) is 20.6. The number of Topliss-reactive ketones (excluding diaryl/α,β-unsaturated/α-hetero) is 2. The smallest absolute Gasteiger partial charge is 0.353 e. The molecule has 0 aromatic heterocycles. The second kappa shape index (κ2) is 9.70. The van der Waals surface area contributed by atoms with E-state index in [-0.39, 0.29) is 70.1 Å². The minimum atomic E-state index is -1.13. The van der Waals surface area contributed by atoms with Crippen LogP contribution in [0.5, 0.6) is 0 Å². The van der Waals surface area contributed by atoms with E-state index in [1.807, 2.05) is 13.8 Å². The average Bonchev–Trinajstić information content (AvgIpc) is 3.43. The number of β-lactam (4-membered cyclic amide) rings is 1. The van der Waals surface area contributed by atoms with Crippen LogP contribution in [0.15, 0.2) is 10.6 Å². The molecule has 0 spiro atoms. The van der Waals surface area contributed by atoms with Gasteiger partial charge in [-0.3, -0.25) is 14.0 Å². The van der Waals surface area contributed by atoms with Crippen molar-refractivity contribution in [1.82, 2.24) is 10.2 Å². The number of fused-ring (bicyclic) bond motifs is 1. The van der Waals surface area contributed by atoms with Gasteiger partial charge in [0.15, 0.2) is 5.78 Å². The number of halogens is 1. The highest BCUT2D eigenvalue weighted by Crippen LogP contribution is 2.53. The third kappa shape index (κ3) is 4.33. The van der Waals surface area contributed by atoms with Crippen molar-refractivity contribution in [1.29, 1.82) is 0 Å². The van der Waals surface area contributed by atoms with Crippen molar-refractivity contribution in [3.8, 4) is 0 Å². The molecule has 9 atom stereocenters. The van der Waals surface area contributed by atoms with Gasteiger partial charge in [0, 0.05) is 41.0 Å². The summed E-state index contributed by atoms with van der Waals surface area (Å²) in [7, 11) is 0. The Morgan fingerprint density at radius 3 is 2.62 bits per heavy atom. The number of ketones is 2. The van der Waals surface area contributed by atoms with E-state index in [2.05, 4.69) is 5.32 Å². The standard InChI is InChI=1S/C24H34FN3O5S/c1-10(4-11(2)29)18-19-12(3)22(20(24(32)33)28(19)23(18)31)34-15-7-17(27-9-15)21(30)16-6-14(26)5-13(16)8-25/h10,12-19,27H,4-9,26H2,1-3H3,(H,32,33)/t10-,12+,13-,14-,15-,16?,17-,18+,19-/m0/s1. The molecule has 188 valence electrons. The molecule has 10 heteroatoms. The first-order valence-electron chi connectivity index (χ1n) is 12.1. The molecule has 4 aliphatic rings. The number of hydrogen-bond donors (Lipinski definition) is 3. The van der Waals surface area contributed by atoms with Crippen molar-refractivity contribution < 1.29 is 28.7 Å². The summed E-state index contributed by atoms with van der Waals surface area (Å²) in [6, 6.07) is -0.800. The fourth-order valence-electron chi connectivity index (χ4n) is 6.48. The lowest BCUT2D eigenvalue weighted by atomic mass is 9.73. The second-order valence-electron chi connectivity index (χ2n) is 10.5. The first-order valence-corrected chi connectivity index (χ1v) is 13.0. The third-order valence-corrected chi connectivity index (χ3v) is 9.55. The van der Waals surface area contributed by atoms with Crippen molar-refractivity contribution in [3.63, 3.8) is 0 Å². The maximum atomic E-state index is 13.4. The summed E-state index contributed by atoms with van der Waals surface area (Å²) in [6.45, 7) is 5.29. The Balaban J connectivity index is 1.45. The third-order valence-electron chi connectivity index (χ3n) is 8.04. The molecule has 1 saturated carbocycles. The number of carboxylic acids is 1. The normalized spacial score (nSPS) is 38.1. The highest BCUT2D eigenvalue weighted by molar-refractivity contribution is 8.03. The molecule has 1 amide bonds. The van der Waals surface area contributed by atoms with Crippen LogP contribution in [-0.4, -0.2) is 70.0 Å². The van der Waals surface area contributed by atoms with Crippen molar-refractivity contribution in [2.24, 2.45) is 35.3 Å². The number of thioether (sulfide) groups is 1. The summed E-state index contributed by atoms with van der Waals surface area (Å²) >= 11 is 1.43. The van der Waals surface area contributed by atoms with Crippen LogP contribution in [0.2, 0.25) is 0 Å². The number of rotatable bonds is 9. The molecule has 2 saturated heterocycles. The van der Waals surface area contributed by atoms with Crippen LogP contribution in [-0.2, 0) is 19.2 Å². The van der Waals surface area contributed by atoms with Crippen molar-refractivity contribution in [3.05, 3.63) is 10.6 Å². The zero-order chi connectivity index (χ0) is 24.9. The van der Waals surface area contributed by atoms with Crippen molar-refractivity contribution in [2.45, 2.75) is 69.8 Å². The topological polar surface area (TPSA) is 130 Å². The van der Waals surface area contributed by atoms with Crippen molar-refractivity contribution in [2.75, 3.05) is 13.2 Å². The molecule has 0 radical (unpaired) electrons. The molecule has 0 bridgehead atoms. The Bertz CT molecular complexity index is 926. The van der Waals surface area contributed by atoms with Crippen molar-refractivity contribution >= 4 is 35.2 Å². The van der Waals surface area contributed by atoms with Gasteiger partial charge in [0.25, 0.3) is 0 Å². The van der Waals surface area contributed by atoms with E-state index in [4.69, 9.17) is 5.73 Å². The number of carbonyl (C=O) groups is 4. The highest BCUT2D eigenvalue weighted by Gasteiger charge is 2.60. The lowest BCUT2D eigenvalue weighted by Crippen LogP contribution is -2.62. The molecule has 1 aliphatic carbocycles. The zero-order valence-electron chi connectivity index (χ0n) is 19.8. The first kappa shape index (κ1) is 25.3. The Hall–Kier alpha value is -1.78. The van der Waals surface area contributed by atoms with Gasteiger partial charge in [-0.05, 0) is 38.0 Å². The lowest BCUT2D eigenvalue weighted by molar-refractivity contribution is -0.160. The highest BCUT2D eigenvalue weighted by atomic mass is 32.2. The van der Waals surface area contributed by atoms with E-state index < -0.39 is 18.7 Å². The summed E-state index contributed by atoms with van der Waals surface area (Å²) in [5, 5.41) is 13.1. The molecule has 0 aromatic rings. The Labute approximate surface area is 203 Å². The number of nitrogens with one attached hydrogen (secondary N) is 1. The van der Waals surface area contributed by atoms with Gasteiger partial charge in [-0.25, -0.2) is 4.79 Å². The number of aliphatic carboxylic acids is 1. The summed E-state index contributed by atoms with van der Waals surface area (Å²) in [5.41, 5.74) is 6.00. The number of nitrogens with two attached hydrogens (primary N) is 1. The minimum absolute atomic E-state index is 0.00252. The Morgan fingerprint density at radius 2 is 2.00 bits per heavy atom. The largest absolute Gasteiger partial charge is 0.477 e. The summed E-state index contributed by atoms with van der Waals surface area (Å²) < 4.78 is 13.4. The molecule has 1 unspecified atom stereocenters. The Kier molecular flexibility index (Phi) is 7.22. The van der Waals surface area contributed by atoms with Crippen LogP contribution in [0, 0.1) is 29.6 Å². The number of hydrogen-bond acceptors (Lipinski definition) is 7. The SMILES string of the molecule is CC(=O)C[C@H](C)[C@H]1C(=O)N2C(C(=O)O)=C(S[C@@H]3CN[C@H](C(=O)C4C[C@@H](N)C[C@H]4CF)C3)[C@H](C)[C@@H]12. The van der Waals surface area contributed by atoms with Crippen LogP contribution in [0.25, 0.3) is 0 Å². The van der Waals surface area contributed by atoms with E-state index in [9.17, 15) is 28.7 Å². The minimum Gasteiger partial charge on any atom is -0.477 e. The lowest BCUT2D eigenvalue weighted by Gasteiger charge is -2.47. The maximum absolute atomic E-state index is 13.4. The molecular formula is C24H34FN3O5S. The molecule has 3 fully saturated rings. The van der Waals surface area contributed by atoms with Crippen LogP contribution >= 0.6 is 11.8 Å². The van der Waals surface area contributed by atoms with Gasteiger partial charge in [-0.1, -0.05) is 13.8 Å². The number of amides is 1. The summed E-state index contributed by atoms with van der Waals surface area (Å²) in [4.78, 5) is 51.7. The molecule has 34 heavy (non-hydrogen) atoms. The van der Waals surface area contributed by atoms with Gasteiger partial charge < -0.3 is 25.9 Å². The average molecular weight is 496 g/mol. The van der Waals surface area contributed by atoms with Crippen LogP contribution in [0.4, 0.5) is 4.39 Å². The van der Waals surface area contributed by atoms with E-state index in [1.165, 1.54) is 23.6 Å². The van der Waals surface area contributed by atoms with Gasteiger partial charge >= 0.3 is 5.97 Å².